The highest BCUT2D eigenvalue weighted by molar-refractivity contribution is 5.82. The molecule has 1 radical (unpaired) electrons. The molecule has 0 bridgehead atoms. The molecule has 0 N–H and O–H groups in total. The van der Waals surface area contributed by atoms with Crippen molar-refractivity contribution in [1.29, 1.82) is 0 Å². The molecular weight excluding hydrogens is 192 g/mol. The third-order valence-electron chi connectivity index (χ3n) is 2.15. The van der Waals surface area contributed by atoms with Gasteiger partial charge in [0.05, 0.1) is 6.61 Å². The Morgan fingerprint density at radius 2 is 2.07 bits per heavy atom. The summed E-state index contributed by atoms with van der Waals surface area (Å²) in [6.07, 6.45) is 0. The van der Waals surface area contributed by atoms with E-state index in [1.807, 2.05) is 19.1 Å². The number of ether oxygens (including phenoxy) is 1. The average molecular weight is 203 g/mol. The third kappa shape index (κ3) is 1.73. The maximum absolute atomic E-state index is 11.1. The van der Waals surface area contributed by atoms with Crippen LogP contribution in [0, 0.1) is 6.92 Å². The van der Waals surface area contributed by atoms with E-state index in [9.17, 15) is 4.79 Å². The molecule has 1 heterocycles. The molecule has 0 aliphatic heterocycles. The molecule has 0 unspecified atom stereocenters. The summed E-state index contributed by atoms with van der Waals surface area (Å²) < 4.78 is 10.4. The fraction of sp³-hybridized carbons (Fsp3) is 0.167. The molecule has 0 amide bonds. The van der Waals surface area contributed by atoms with Crippen LogP contribution in [0.1, 0.15) is 12.5 Å². The Labute approximate surface area is 87.3 Å². The second-order valence-electron chi connectivity index (χ2n) is 3.15. The molecule has 1 aromatic heterocycles. The van der Waals surface area contributed by atoms with Gasteiger partial charge < -0.3 is 9.15 Å². The highest BCUT2D eigenvalue weighted by Crippen LogP contribution is 2.25. The van der Waals surface area contributed by atoms with Crippen LogP contribution < -0.4 is 10.4 Å². The van der Waals surface area contributed by atoms with Crippen molar-refractivity contribution >= 4 is 11.0 Å². The number of fused-ring (bicyclic) bond motifs is 1. The molecule has 1 aromatic carbocycles. The molecule has 0 saturated heterocycles. The molecule has 0 fully saturated rings. The summed E-state index contributed by atoms with van der Waals surface area (Å²) in [5, 5.41) is 0.850. The highest BCUT2D eigenvalue weighted by atomic mass is 16.5. The van der Waals surface area contributed by atoms with Gasteiger partial charge in [0, 0.05) is 17.0 Å². The van der Waals surface area contributed by atoms with Gasteiger partial charge in [-0.15, -0.1) is 0 Å². The second-order valence-corrected chi connectivity index (χ2v) is 3.15. The van der Waals surface area contributed by atoms with Gasteiger partial charge in [-0.3, -0.25) is 0 Å². The lowest BCUT2D eigenvalue weighted by Gasteiger charge is -2.07. The maximum atomic E-state index is 11.1. The van der Waals surface area contributed by atoms with Gasteiger partial charge in [0.25, 0.3) is 0 Å². The van der Waals surface area contributed by atoms with Gasteiger partial charge in [-0.05, 0) is 32.0 Å². The lowest BCUT2D eigenvalue weighted by atomic mass is 10.1. The minimum Gasteiger partial charge on any atom is -0.493 e. The van der Waals surface area contributed by atoms with Crippen LogP contribution in [-0.2, 0) is 0 Å². The molecule has 3 nitrogen and oxygen atoms in total. The molecule has 2 rings (SSSR count). The first kappa shape index (κ1) is 9.77. The van der Waals surface area contributed by atoms with E-state index in [-0.39, 0.29) is 5.63 Å². The fourth-order valence-corrected chi connectivity index (χ4v) is 1.46. The van der Waals surface area contributed by atoms with Gasteiger partial charge in [0.1, 0.15) is 11.3 Å². The Morgan fingerprint density at radius 1 is 1.33 bits per heavy atom. The average Bonchev–Trinajstić information content (AvgIpc) is 2.23. The smallest absolute Gasteiger partial charge is 0.336 e. The van der Waals surface area contributed by atoms with Crippen molar-refractivity contribution in [3.63, 3.8) is 0 Å². The zero-order valence-corrected chi connectivity index (χ0v) is 8.45. The SMILES string of the molecule is [CH2]c1c(OCC)ccc2ccc(=O)oc12. The van der Waals surface area contributed by atoms with Crippen molar-refractivity contribution in [2.24, 2.45) is 0 Å². The van der Waals surface area contributed by atoms with Gasteiger partial charge in [0.15, 0.2) is 0 Å². The van der Waals surface area contributed by atoms with E-state index in [2.05, 4.69) is 6.92 Å². The van der Waals surface area contributed by atoms with Gasteiger partial charge in [0.2, 0.25) is 0 Å². The summed E-state index contributed by atoms with van der Waals surface area (Å²) in [5.41, 5.74) is 0.738. The number of rotatable bonds is 2. The van der Waals surface area contributed by atoms with Crippen LogP contribution in [0.15, 0.2) is 33.5 Å². The quantitative estimate of drug-likeness (QED) is 0.703. The topological polar surface area (TPSA) is 39.4 Å². The van der Waals surface area contributed by atoms with Gasteiger partial charge >= 0.3 is 5.63 Å². The molecule has 3 heteroatoms. The predicted octanol–water partition coefficient (Wildman–Crippen LogP) is 2.37. The Kier molecular flexibility index (Phi) is 2.46. The number of benzene rings is 1. The van der Waals surface area contributed by atoms with Crippen LogP contribution in [0.4, 0.5) is 0 Å². The van der Waals surface area contributed by atoms with Crippen molar-refractivity contribution in [2.75, 3.05) is 6.61 Å². The van der Waals surface area contributed by atoms with E-state index in [1.54, 1.807) is 6.07 Å². The molecule has 0 atom stereocenters. The van der Waals surface area contributed by atoms with Crippen molar-refractivity contribution in [1.82, 2.24) is 0 Å². The van der Waals surface area contributed by atoms with Crippen LogP contribution in [0.3, 0.4) is 0 Å². The van der Waals surface area contributed by atoms with Crippen molar-refractivity contribution < 1.29 is 9.15 Å². The monoisotopic (exact) mass is 203 g/mol. The summed E-state index contributed by atoms with van der Waals surface area (Å²) in [6.45, 7) is 6.31. The minimum absolute atomic E-state index is 0.374. The summed E-state index contributed by atoms with van der Waals surface area (Å²) >= 11 is 0. The summed E-state index contributed by atoms with van der Waals surface area (Å²) in [7, 11) is 0. The molecule has 0 saturated carbocycles. The molecule has 2 aromatic rings. The molecule has 77 valence electrons. The Morgan fingerprint density at radius 3 is 2.80 bits per heavy atom. The standard InChI is InChI=1S/C12H11O3/c1-3-14-10-6-4-9-5-7-11(13)15-12(9)8(10)2/h4-7H,2-3H2,1H3. The van der Waals surface area contributed by atoms with Crippen LogP contribution in [0.25, 0.3) is 11.0 Å². The first-order chi connectivity index (χ1) is 7.22. The van der Waals surface area contributed by atoms with Crippen molar-refractivity contribution in [2.45, 2.75) is 6.92 Å². The van der Waals surface area contributed by atoms with Gasteiger partial charge in [-0.25, -0.2) is 4.79 Å². The number of hydrogen-bond acceptors (Lipinski definition) is 3. The van der Waals surface area contributed by atoms with Crippen LogP contribution in [-0.4, -0.2) is 6.61 Å². The molecular formula is C12H11O3. The largest absolute Gasteiger partial charge is 0.493 e. The Balaban J connectivity index is 2.71. The fourth-order valence-electron chi connectivity index (χ4n) is 1.46. The van der Waals surface area contributed by atoms with E-state index in [0.29, 0.717) is 23.5 Å². The summed E-state index contributed by atoms with van der Waals surface area (Å²) in [4.78, 5) is 11.1. The molecule has 0 spiro atoms. The van der Waals surface area contributed by atoms with Gasteiger partial charge in [-0.1, -0.05) is 0 Å². The molecule has 15 heavy (non-hydrogen) atoms. The van der Waals surface area contributed by atoms with Crippen molar-refractivity contribution in [3.8, 4) is 5.75 Å². The van der Waals surface area contributed by atoms with Gasteiger partial charge in [-0.2, -0.15) is 0 Å². The summed E-state index contributed by atoms with van der Waals surface area (Å²) in [6, 6.07) is 6.78. The third-order valence-corrected chi connectivity index (χ3v) is 2.15. The van der Waals surface area contributed by atoms with Crippen LogP contribution >= 0.6 is 0 Å². The zero-order chi connectivity index (χ0) is 10.8. The number of hydrogen-bond donors (Lipinski definition) is 0. The highest BCUT2D eigenvalue weighted by Gasteiger charge is 2.06. The predicted molar refractivity (Wildman–Crippen MR) is 58.1 cm³/mol. The first-order valence-electron chi connectivity index (χ1n) is 4.74. The second kappa shape index (κ2) is 3.77. The van der Waals surface area contributed by atoms with E-state index < -0.39 is 0 Å². The first-order valence-corrected chi connectivity index (χ1v) is 4.74. The Bertz CT molecular complexity index is 540. The van der Waals surface area contributed by atoms with E-state index in [4.69, 9.17) is 9.15 Å². The van der Waals surface area contributed by atoms with E-state index in [0.717, 1.165) is 5.39 Å². The van der Waals surface area contributed by atoms with E-state index in [1.165, 1.54) is 6.07 Å². The van der Waals surface area contributed by atoms with Crippen LogP contribution in [0.5, 0.6) is 5.75 Å². The normalized spacial score (nSPS) is 10.5. The van der Waals surface area contributed by atoms with Crippen LogP contribution in [0.2, 0.25) is 0 Å². The maximum Gasteiger partial charge on any atom is 0.336 e. The lowest BCUT2D eigenvalue weighted by Crippen LogP contribution is -1.98. The molecule has 0 aliphatic rings. The summed E-state index contributed by atoms with van der Waals surface area (Å²) in [5.74, 6) is 0.652. The zero-order valence-electron chi connectivity index (χ0n) is 8.45. The minimum atomic E-state index is -0.374. The molecule has 0 aliphatic carbocycles. The lowest BCUT2D eigenvalue weighted by molar-refractivity contribution is 0.338. The van der Waals surface area contributed by atoms with Crippen molar-refractivity contribution in [3.05, 3.63) is 47.2 Å². The Hall–Kier alpha value is -1.77. The van der Waals surface area contributed by atoms with E-state index >= 15 is 0 Å².